The summed E-state index contributed by atoms with van der Waals surface area (Å²) >= 11 is 5.79. The lowest BCUT2D eigenvalue weighted by molar-refractivity contribution is 0.305. The number of benzene rings is 1. The molecule has 4 nitrogen and oxygen atoms in total. The maximum Gasteiger partial charge on any atom is 0.142 e. The van der Waals surface area contributed by atoms with Crippen LogP contribution in [0.4, 0.5) is 0 Å². The van der Waals surface area contributed by atoms with Crippen molar-refractivity contribution in [1.29, 1.82) is 5.41 Å². The average Bonchev–Trinajstić information content (AvgIpc) is 2.38. The van der Waals surface area contributed by atoms with Crippen LogP contribution in [0.5, 0.6) is 5.75 Å². The van der Waals surface area contributed by atoms with Crippen molar-refractivity contribution in [2.75, 3.05) is 0 Å². The van der Waals surface area contributed by atoms with Gasteiger partial charge in [0.1, 0.15) is 23.9 Å². The second kappa shape index (κ2) is 5.51. The number of rotatable bonds is 4. The minimum Gasteiger partial charge on any atom is -0.489 e. The molecule has 0 bridgehead atoms. The van der Waals surface area contributed by atoms with Gasteiger partial charge in [0.25, 0.3) is 0 Å². The molecule has 0 fully saturated rings. The van der Waals surface area contributed by atoms with Crippen molar-refractivity contribution in [3.05, 3.63) is 58.9 Å². The fourth-order valence-corrected chi connectivity index (χ4v) is 1.62. The van der Waals surface area contributed by atoms with Crippen LogP contribution >= 0.6 is 11.6 Å². The number of nitrogens with zero attached hydrogens (tertiary/aromatic N) is 1. The van der Waals surface area contributed by atoms with E-state index in [0.29, 0.717) is 23.1 Å². The van der Waals surface area contributed by atoms with Crippen LogP contribution in [0.1, 0.15) is 11.3 Å². The van der Waals surface area contributed by atoms with Crippen molar-refractivity contribution in [1.82, 2.24) is 4.98 Å². The van der Waals surface area contributed by atoms with Gasteiger partial charge in [0.2, 0.25) is 0 Å². The van der Waals surface area contributed by atoms with Crippen molar-refractivity contribution in [2.45, 2.75) is 6.61 Å². The number of amidine groups is 1. The van der Waals surface area contributed by atoms with E-state index < -0.39 is 0 Å². The number of nitrogen functional groups attached to an aromatic ring is 1. The number of halogens is 1. The summed E-state index contributed by atoms with van der Waals surface area (Å²) < 4.78 is 5.59. The van der Waals surface area contributed by atoms with E-state index in [1.165, 1.54) is 0 Å². The first-order valence-corrected chi connectivity index (χ1v) is 5.71. The van der Waals surface area contributed by atoms with Crippen molar-refractivity contribution in [3.8, 4) is 5.75 Å². The number of ether oxygens (including phenoxy) is 1. The molecule has 0 aliphatic carbocycles. The molecular formula is C13H12ClN3O. The summed E-state index contributed by atoms with van der Waals surface area (Å²) in [6.07, 6.45) is 1.60. The standard InChI is InChI=1S/C13H12ClN3O/c14-10-3-5-11(6-4-10)18-8-9-2-1-7-17-12(9)13(15)16/h1-7H,8H2,(H3,15,16). The molecule has 92 valence electrons. The molecule has 1 aromatic carbocycles. The highest BCUT2D eigenvalue weighted by molar-refractivity contribution is 6.30. The molecule has 3 N–H and O–H groups in total. The Kier molecular flexibility index (Phi) is 3.79. The van der Waals surface area contributed by atoms with Gasteiger partial charge in [0, 0.05) is 16.8 Å². The zero-order chi connectivity index (χ0) is 13.0. The average molecular weight is 262 g/mol. The Labute approximate surface area is 110 Å². The second-order valence-electron chi connectivity index (χ2n) is 3.67. The topological polar surface area (TPSA) is 72.0 Å². The third-order valence-corrected chi connectivity index (χ3v) is 2.61. The summed E-state index contributed by atoms with van der Waals surface area (Å²) in [5.41, 5.74) is 6.68. The fraction of sp³-hybridized carbons (Fsp3) is 0.0769. The van der Waals surface area contributed by atoms with Crippen LogP contribution < -0.4 is 10.5 Å². The molecule has 2 aromatic rings. The minimum absolute atomic E-state index is 0.0645. The lowest BCUT2D eigenvalue weighted by Crippen LogP contribution is -2.16. The van der Waals surface area contributed by atoms with E-state index in [9.17, 15) is 0 Å². The molecule has 0 amide bonds. The van der Waals surface area contributed by atoms with E-state index in [2.05, 4.69) is 4.98 Å². The summed E-state index contributed by atoms with van der Waals surface area (Å²) in [6.45, 7) is 0.310. The van der Waals surface area contributed by atoms with Crippen LogP contribution in [0.25, 0.3) is 0 Å². The van der Waals surface area contributed by atoms with E-state index in [-0.39, 0.29) is 5.84 Å². The van der Waals surface area contributed by atoms with Gasteiger partial charge in [-0.2, -0.15) is 0 Å². The first-order chi connectivity index (χ1) is 8.66. The molecule has 18 heavy (non-hydrogen) atoms. The van der Waals surface area contributed by atoms with Crippen molar-refractivity contribution in [2.24, 2.45) is 5.73 Å². The highest BCUT2D eigenvalue weighted by atomic mass is 35.5. The van der Waals surface area contributed by atoms with Gasteiger partial charge in [0.15, 0.2) is 0 Å². The largest absolute Gasteiger partial charge is 0.489 e. The predicted octanol–water partition coefficient (Wildman–Crippen LogP) is 2.60. The van der Waals surface area contributed by atoms with Gasteiger partial charge in [-0.05, 0) is 30.3 Å². The molecule has 0 radical (unpaired) electrons. The molecule has 1 heterocycles. The van der Waals surface area contributed by atoms with Crippen LogP contribution in [0, 0.1) is 5.41 Å². The van der Waals surface area contributed by atoms with Gasteiger partial charge in [-0.15, -0.1) is 0 Å². The summed E-state index contributed by atoms with van der Waals surface area (Å²) in [4.78, 5) is 4.05. The van der Waals surface area contributed by atoms with Crippen LogP contribution in [0.2, 0.25) is 5.02 Å². The van der Waals surface area contributed by atoms with E-state index in [1.807, 2.05) is 6.07 Å². The quantitative estimate of drug-likeness (QED) is 0.656. The van der Waals surface area contributed by atoms with Gasteiger partial charge in [-0.25, -0.2) is 0 Å². The first-order valence-electron chi connectivity index (χ1n) is 5.33. The summed E-state index contributed by atoms with van der Waals surface area (Å²) in [5, 5.41) is 8.09. The van der Waals surface area contributed by atoms with Crippen LogP contribution in [-0.4, -0.2) is 10.8 Å². The summed E-state index contributed by atoms with van der Waals surface area (Å²) in [6, 6.07) is 10.7. The van der Waals surface area contributed by atoms with E-state index in [0.717, 1.165) is 5.56 Å². The second-order valence-corrected chi connectivity index (χ2v) is 4.10. The lowest BCUT2D eigenvalue weighted by atomic mass is 10.2. The normalized spacial score (nSPS) is 10.1. The number of pyridine rings is 1. The Balaban J connectivity index is 2.10. The zero-order valence-electron chi connectivity index (χ0n) is 9.56. The predicted molar refractivity (Wildman–Crippen MR) is 71.0 cm³/mol. The fourth-order valence-electron chi connectivity index (χ4n) is 1.49. The highest BCUT2D eigenvalue weighted by Crippen LogP contribution is 2.17. The molecule has 5 heteroatoms. The number of hydrogen-bond acceptors (Lipinski definition) is 3. The zero-order valence-corrected chi connectivity index (χ0v) is 10.3. The molecule has 0 aliphatic heterocycles. The van der Waals surface area contributed by atoms with Gasteiger partial charge in [-0.3, -0.25) is 10.4 Å². The Hall–Kier alpha value is -2.07. The number of nitrogens with one attached hydrogen (secondary N) is 1. The monoisotopic (exact) mass is 261 g/mol. The molecular weight excluding hydrogens is 250 g/mol. The molecule has 0 saturated carbocycles. The molecule has 0 unspecified atom stereocenters. The maximum atomic E-state index is 7.43. The Morgan fingerprint density at radius 3 is 2.67 bits per heavy atom. The minimum atomic E-state index is -0.0645. The van der Waals surface area contributed by atoms with E-state index >= 15 is 0 Å². The molecule has 2 rings (SSSR count). The smallest absolute Gasteiger partial charge is 0.142 e. The number of nitrogens with two attached hydrogens (primary N) is 1. The molecule has 0 saturated heterocycles. The maximum absolute atomic E-state index is 7.43. The SMILES string of the molecule is N=C(N)c1ncccc1COc1ccc(Cl)cc1. The van der Waals surface area contributed by atoms with Crippen LogP contribution in [0.15, 0.2) is 42.6 Å². The Morgan fingerprint density at radius 1 is 1.28 bits per heavy atom. The van der Waals surface area contributed by atoms with Gasteiger partial charge >= 0.3 is 0 Å². The van der Waals surface area contributed by atoms with E-state index in [4.69, 9.17) is 27.5 Å². The van der Waals surface area contributed by atoms with Crippen molar-refractivity contribution < 1.29 is 4.74 Å². The highest BCUT2D eigenvalue weighted by Gasteiger charge is 2.06. The molecule has 0 aliphatic rings. The molecule has 0 spiro atoms. The summed E-state index contributed by atoms with van der Waals surface area (Å²) in [7, 11) is 0. The van der Waals surface area contributed by atoms with Crippen LogP contribution in [0.3, 0.4) is 0 Å². The third-order valence-electron chi connectivity index (χ3n) is 2.35. The Bertz CT molecular complexity index is 554. The molecule has 1 aromatic heterocycles. The van der Waals surface area contributed by atoms with Crippen molar-refractivity contribution >= 4 is 17.4 Å². The van der Waals surface area contributed by atoms with E-state index in [1.54, 1.807) is 36.5 Å². The van der Waals surface area contributed by atoms with Crippen LogP contribution in [-0.2, 0) is 6.61 Å². The van der Waals surface area contributed by atoms with Crippen molar-refractivity contribution in [3.63, 3.8) is 0 Å². The van der Waals surface area contributed by atoms with Gasteiger partial charge < -0.3 is 10.5 Å². The first kappa shape index (κ1) is 12.4. The summed E-state index contributed by atoms with van der Waals surface area (Å²) in [5.74, 6) is 0.642. The number of hydrogen-bond donors (Lipinski definition) is 2. The Morgan fingerprint density at radius 2 is 2.00 bits per heavy atom. The molecule has 0 atom stereocenters. The number of aromatic nitrogens is 1. The third kappa shape index (κ3) is 2.99. The van der Waals surface area contributed by atoms with Gasteiger partial charge in [-0.1, -0.05) is 17.7 Å². The lowest BCUT2D eigenvalue weighted by Gasteiger charge is -2.09. The van der Waals surface area contributed by atoms with Gasteiger partial charge in [0.05, 0.1) is 0 Å².